The molecule has 250 valence electrons. The molecule has 0 bridgehead atoms. The van der Waals surface area contributed by atoms with E-state index in [9.17, 15) is 37.5 Å². The Morgan fingerprint density at radius 1 is 0.938 bits per heavy atom. The van der Waals surface area contributed by atoms with Crippen molar-refractivity contribution >= 4 is 41.0 Å². The highest BCUT2D eigenvalue weighted by molar-refractivity contribution is 6.32. The van der Waals surface area contributed by atoms with E-state index in [0.29, 0.717) is 35.2 Å². The molecule has 0 aliphatic carbocycles. The minimum Gasteiger partial charge on any atom is -0.478 e. The first-order valence-electron chi connectivity index (χ1n) is 14.6. The van der Waals surface area contributed by atoms with Crippen LogP contribution in [0.4, 0.5) is 18.9 Å². The van der Waals surface area contributed by atoms with Crippen molar-refractivity contribution in [1.29, 1.82) is 0 Å². The topological polar surface area (TPSA) is 126 Å². The molecular formula is C35H31ClF3N3O6. The molecule has 1 heterocycles. The van der Waals surface area contributed by atoms with E-state index in [0.717, 1.165) is 12.1 Å². The zero-order valence-electron chi connectivity index (χ0n) is 26.4. The number of esters is 1. The first kappa shape index (κ1) is 35.6. The quantitative estimate of drug-likeness (QED) is 0.130. The van der Waals surface area contributed by atoms with Crippen LogP contribution in [0.5, 0.6) is 5.75 Å². The summed E-state index contributed by atoms with van der Waals surface area (Å²) in [6.07, 6.45) is -3.80. The SMILES string of the molecule is Cc1ccc(C(=O)Nc2ccc(CCCC(=O)Oc3c(C)cc(C(=O)O)cc3Cl)cc2C(=O)N(C)C)c(-c2ccc(C(F)(F)F)cc2)n1. The van der Waals surface area contributed by atoms with Gasteiger partial charge in [-0.2, -0.15) is 13.2 Å². The monoisotopic (exact) mass is 681 g/mol. The van der Waals surface area contributed by atoms with Gasteiger partial charge in [-0.3, -0.25) is 19.4 Å². The lowest BCUT2D eigenvalue weighted by atomic mass is 10.0. The molecule has 4 aromatic rings. The summed E-state index contributed by atoms with van der Waals surface area (Å²) in [5.41, 5.74) is 1.76. The third-order valence-corrected chi connectivity index (χ3v) is 7.55. The number of pyridine rings is 1. The van der Waals surface area contributed by atoms with Crippen LogP contribution in [-0.4, -0.2) is 52.8 Å². The molecule has 1 aromatic heterocycles. The lowest BCUT2D eigenvalue weighted by Gasteiger charge is -2.17. The predicted octanol–water partition coefficient (Wildman–Crippen LogP) is 7.62. The fourth-order valence-electron chi connectivity index (χ4n) is 4.83. The molecule has 9 nitrogen and oxygen atoms in total. The minimum atomic E-state index is -4.52. The van der Waals surface area contributed by atoms with Gasteiger partial charge in [-0.25, -0.2) is 4.79 Å². The first-order chi connectivity index (χ1) is 22.5. The fraction of sp³-hybridized carbons (Fsp3) is 0.229. The van der Waals surface area contributed by atoms with Gasteiger partial charge in [0.05, 0.1) is 38.7 Å². The van der Waals surface area contributed by atoms with Crippen molar-refractivity contribution in [2.45, 2.75) is 39.3 Å². The lowest BCUT2D eigenvalue weighted by Crippen LogP contribution is -2.24. The second-order valence-electron chi connectivity index (χ2n) is 11.2. The maximum absolute atomic E-state index is 13.5. The number of anilines is 1. The van der Waals surface area contributed by atoms with Crippen molar-refractivity contribution in [2.75, 3.05) is 19.4 Å². The molecule has 4 rings (SSSR count). The maximum atomic E-state index is 13.5. The third-order valence-electron chi connectivity index (χ3n) is 7.27. The van der Waals surface area contributed by atoms with E-state index in [1.165, 1.54) is 35.2 Å². The van der Waals surface area contributed by atoms with Gasteiger partial charge in [-0.05, 0) is 86.3 Å². The molecule has 2 amide bonds. The lowest BCUT2D eigenvalue weighted by molar-refractivity contribution is -0.137. The van der Waals surface area contributed by atoms with Crippen molar-refractivity contribution in [3.8, 4) is 17.0 Å². The number of alkyl halides is 3. The average Bonchev–Trinajstić information content (AvgIpc) is 3.02. The first-order valence-corrected chi connectivity index (χ1v) is 15.0. The van der Waals surface area contributed by atoms with Crippen molar-refractivity contribution in [3.63, 3.8) is 0 Å². The van der Waals surface area contributed by atoms with Crippen LogP contribution >= 0.6 is 11.6 Å². The molecule has 0 radical (unpaired) electrons. The Labute approximate surface area is 279 Å². The molecular weight excluding hydrogens is 651 g/mol. The van der Waals surface area contributed by atoms with Crippen LogP contribution in [0.15, 0.2) is 66.7 Å². The zero-order chi connectivity index (χ0) is 35.3. The Bertz CT molecular complexity index is 1870. The normalized spacial score (nSPS) is 11.2. The number of carbonyl (C=O) groups excluding carboxylic acids is 3. The third kappa shape index (κ3) is 8.56. The fourth-order valence-corrected chi connectivity index (χ4v) is 5.13. The van der Waals surface area contributed by atoms with E-state index < -0.39 is 35.5 Å². The molecule has 0 unspecified atom stereocenters. The van der Waals surface area contributed by atoms with Gasteiger partial charge in [0, 0.05) is 31.8 Å². The number of hydrogen-bond donors (Lipinski definition) is 2. The summed E-state index contributed by atoms with van der Waals surface area (Å²) in [5, 5.41) is 11.9. The molecule has 3 aromatic carbocycles. The van der Waals surface area contributed by atoms with Gasteiger partial charge in [0.25, 0.3) is 11.8 Å². The van der Waals surface area contributed by atoms with Crippen LogP contribution in [-0.2, 0) is 17.4 Å². The molecule has 0 atom stereocenters. The standard InChI is InChI=1S/C35H31ClF3N3O6/c1-19-16-23(34(46)47)18-27(36)31(19)48-29(43)7-5-6-21-9-15-28(26(17-21)33(45)42(3)4)41-32(44)25-14-8-20(2)40-30(25)22-10-12-24(13-11-22)35(37,38)39/h8-18H,5-7H2,1-4H3,(H,41,44)(H,46,47). The molecule has 13 heteroatoms. The van der Waals surface area contributed by atoms with Crippen molar-refractivity contribution in [3.05, 3.63) is 111 Å². The zero-order valence-corrected chi connectivity index (χ0v) is 27.1. The van der Waals surface area contributed by atoms with Gasteiger partial charge in [-0.15, -0.1) is 0 Å². The van der Waals surface area contributed by atoms with Crippen LogP contribution < -0.4 is 10.1 Å². The number of halogens is 4. The van der Waals surface area contributed by atoms with Gasteiger partial charge in [0.2, 0.25) is 0 Å². The number of hydrogen-bond acceptors (Lipinski definition) is 6. The number of aryl methyl sites for hydroxylation is 3. The smallest absolute Gasteiger partial charge is 0.416 e. The van der Waals surface area contributed by atoms with E-state index in [2.05, 4.69) is 10.3 Å². The van der Waals surface area contributed by atoms with Crippen LogP contribution in [0.1, 0.15) is 66.3 Å². The molecule has 0 fully saturated rings. The van der Waals surface area contributed by atoms with Crippen LogP contribution in [0, 0.1) is 13.8 Å². The number of aromatic nitrogens is 1. The Balaban J connectivity index is 1.51. The largest absolute Gasteiger partial charge is 0.478 e. The molecule has 0 aliphatic heterocycles. The van der Waals surface area contributed by atoms with Crippen molar-refractivity contribution < 1.29 is 42.2 Å². The second-order valence-corrected chi connectivity index (χ2v) is 11.6. The summed E-state index contributed by atoms with van der Waals surface area (Å²) in [6, 6.07) is 14.9. The number of nitrogens with one attached hydrogen (secondary N) is 1. The van der Waals surface area contributed by atoms with Gasteiger partial charge in [0.1, 0.15) is 0 Å². The molecule has 48 heavy (non-hydrogen) atoms. The molecule has 0 spiro atoms. The van der Waals surface area contributed by atoms with Crippen molar-refractivity contribution in [2.24, 2.45) is 0 Å². The summed E-state index contributed by atoms with van der Waals surface area (Å²) < 4.78 is 44.7. The van der Waals surface area contributed by atoms with E-state index in [1.807, 2.05) is 0 Å². The summed E-state index contributed by atoms with van der Waals surface area (Å²) in [6.45, 7) is 3.27. The van der Waals surface area contributed by atoms with Crippen LogP contribution in [0.2, 0.25) is 5.02 Å². The summed E-state index contributed by atoms with van der Waals surface area (Å²) in [4.78, 5) is 56.2. The summed E-state index contributed by atoms with van der Waals surface area (Å²) >= 11 is 6.14. The highest BCUT2D eigenvalue weighted by Crippen LogP contribution is 2.33. The molecule has 0 saturated carbocycles. The summed E-state index contributed by atoms with van der Waals surface area (Å²) in [5.74, 6) is -2.67. The Kier molecular flexibility index (Phi) is 10.9. The molecule has 2 N–H and O–H groups in total. The number of carboxylic acid groups (broad SMARTS) is 1. The average molecular weight is 682 g/mol. The van der Waals surface area contributed by atoms with E-state index in [1.54, 1.807) is 52.2 Å². The number of amides is 2. The van der Waals surface area contributed by atoms with Gasteiger partial charge in [0.15, 0.2) is 5.75 Å². The maximum Gasteiger partial charge on any atom is 0.416 e. The second kappa shape index (κ2) is 14.7. The minimum absolute atomic E-state index is 0.000943. The van der Waals surface area contributed by atoms with E-state index in [-0.39, 0.29) is 45.3 Å². The number of aromatic carboxylic acids is 1. The van der Waals surface area contributed by atoms with Crippen LogP contribution in [0.3, 0.4) is 0 Å². The van der Waals surface area contributed by atoms with Gasteiger partial charge >= 0.3 is 18.1 Å². The number of nitrogens with zero attached hydrogens (tertiary/aromatic N) is 2. The van der Waals surface area contributed by atoms with Gasteiger partial charge in [-0.1, -0.05) is 29.8 Å². The Hall–Kier alpha value is -5.23. The molecule has 0 aliphatic rings. The number of carbonyl (C=O) groups is 4. The predicted molar refractivity (Wildman–Crippen MR) is 174 cm³/mol. The highest BCUT2D eigenvalue weighted by atomic mass is 35.5. The van der Waals surface area contributed by atoms with E-state index in [4.69, 9.17) is 16.3 Å². The number of ether oxygens (including phenoxy) is 1. The van der Waals surface area contributed by atoms with E-state index >= 15 is 0 Å². The Morgan fingerprint density at radius 2 is 1.62 bits per heavy atom. The number of benzene rings is 3. The van der Waals surface area contributed by atoms with Gasteiger partial charge < -0.3 is 20.1 Å². The van der Waals surface area contributed by atoms with Crippen molar-refractivity contribution in [1.82, 2.24) is 9.88 Å². The summed E-state index contributed by atoms with van der Waals surface area (Å²) in [7, 11) is 3.11. The van der Waals surface area contributed by atoms with Crippen LogP contribution in [0.25, 0.3) is 11.3 Å². The number of carboxylic acids is 1. The number of rotatable bonds is 10. The highest BCUT2D eigenvalue weighted by Gasteiger charge is 2.30. The molecule has 0 saturated heterocycles. The Morgan fingerprint density at radius 3 is 2.23 bits per heavy atom.